The number of amides is 1. The van der Waals surface area contributed by atoms with Crippen LogP contribution in [0.1, 0.15) is 38.1 Å². The number of hydrogen-bond donors (Lipinski definition) is 3. The Morgan fingerprint density at radius 2 is 1.77 bits per heavy atom. The highest BCUT2D eigenvalue weighted by molar-refractivity contribution is 6.04. The van der Waals surface area contributed by atoms with Crippen molar-refractivity contribution in [1.29, 1.82) is 0 Å². The first kappa shape index (κ1) is 23.7. The van der Waals surface area contributed by atoms with Crippen molar-refractivity contribution in [3.05, 3.63) is 74.7 Å². The summed E-state index contributed by atoms with van der Waals surface area (Å²) in [5.74, 6) is 0.378. The van der Waals surface area contributed by atoms with E-state index in [1.807, 2.05) is 26.8 Å². The Morgan fingerprint density at radius 1 is 1.06 bits per heavy atom. The molecule has 0 fully saturated rings. The van der Waals surface area contributed by atoms with Crippen LogP contribution in [0.2, 0.25) is 0 Å². The number of pyridine rings is 1. The number of aromatic nitrogens is 3. The van der Waals surface area contributed by atoms with Crippen LogP contribution in [0.25, 0.3) is 11.3 Å². The second-order valence-corrected chi connectivity index (χ2v) is 8.86. The van der Waals surface area contributed by atoms with Crippen LogP contribution in [0.4, 0.5) is 23.0 Å². The molecule has 0 atom stereocenters. The molecular weight excluding hydrogens is 448 g/mol. The molecule has 0 bridgehead atoms. The minimum absolute atomic E-state index is 0.0340. The number of ether oxygens (including phenoxy) is 1. The molecule has 2 aromatic heterocycles. The van der Waals surface area contributed by atoms with Gasteiger partial charge in [0.25, 0.3) is 16.8 Å². The van der Waals surface area contributed by atoms with Crippen LogP contribution in [0.5, 0.6) is 5.75 Å². The number of anilines is 4. The summed E-state index contributed by atoms with van der Waals surface area (Å²) < 4.78 is 6.96. The van der Waals surface area contributed by atoms with Gasteiger partial charge in [-0.3, -0.25) is 14.4 Å². The first-order chi connectivity index (χ1) is 16.6. The van der Waals surface area contributed by atoms with Gasteiger partial charge in [-0.05, 0) is 52.0 Å². The third-order valence-electron chi connectivity index (χ3n) is 5.26. The Morgan fingerprint density at radius 3 is 2.34 bits per heavy atom. The number of hydrogen-bond acceptors (Lipinski definition) is 8. The predicted octanol–water partition coefficient (Wildman–Crippen LogP) is 3.28. The van der Waals surface area contributed by atoms with Gasteiger partial charge in [-0.25, -0.2) is 9.67 Å². The lowest BCUT2D eigenvalue weighted by Crippen LogP contribution is -2.35. The van der Waals surface area contributed by atoms with Gasteiger partial charge in [-0.2, -0.15) is 5.10 Å². The molecule has 0 saturated heterocycles. The Kier molecular flexibility index (Phi) is 6.12. The number of nitrogens with one attached hydrogen (secondary N) is 2. The van der Waals surface area contributed by atoms with Crippen LogP contribution >= 0.6 is 0 Å². The topological polar surface area (TPSA) is 141 Å². The summed E-state index contributed by atoms with van der Waals surface area (Å²) in [6, 6.07) is 12.3. The zero-order valence-corrected chi connectivity index (χ0v) is 19.9. The van der Waals surface area contributed by atoms with Gasteiger partial charge in [0.05, 0.1) is 12.1 Å². The van der Waals surface area contributed by atoms with Crippen molar-refractivity contribution in [2.75, 3.05) is 17.2 Å². The average Bonchev–Trinajstić information content (AvgIpc) is 3.22. The molecule has 0 aliphatic heterocycles. The van der Waals surface area contributed by atoms with E-state index in [0.717, 1.165) is 0 Å². The molecule has 10 heteroatoms. The molecule has 0 aliphatic rings. The van der Waals surface area contributed by atoms with Crippen molar-refractivity contribution >= 4 is 28.9 Å². The molecule has 2 heterocycles. The quantitative estimate of drug-likeness (QED) is 0.330. The zero-order valence-electron chi connectivity index (χ0n) is 19.9. The Bertz CT molecular complexity index is 1440. The molecule has 4 N–H and O–H groups in total. The maximum absolute atomic E-state index is 12.6. The van der Waals surface area contributed by atoms with Gasteiger partial charge >= 0.3 is 0 Å². The van der Waals surface area contributed by atoms with Gasteiger partial charge in [0.2, 0.25) is 0 Å². The van der Waals surface area contributed by atoms with Gasteiger partial charge in [-0.15, -0.1) is 0 Å². The number of nitrogens with zero attached hydrogens (tertiary/aromatic N) is 3. The minimum atomic E-state index is -0.641. The van der Waals surface area contributed by atoms with Crippen LogP contribution in [-0.2, 0) is 5.54 Å². The van der Waals surface area contributed by atoms with Gasteiger partial charge in [0, 0.05) is 17.4 Å². The third-order valence-corrected chi connectivity index (χ3v) is 5.26. The van der Waals surface area contributed by atoms with E-state index in [9.17, 15) is 14.4 Å². The van der Waals surface area contributed by atoms with Crippen molar-refractivity contribution in [1.82, 2.24) is 14.8 Å². The average molecular weight is 475 g/mol. The lowest BCUT2D eigenvalue weighted by atomic mass is 10.1. The van der Waals surface area contributed by atoms with Gasteiger partial charge in [0.15, 0.2) is 5.75 Å². The van der Waals surface area contributed by atoms with E-state index in [0.29, 0.717) is 28.6 Å². The first-order valence-electron chi connectivity index (χ1n) is 11.1. The second-order valence-electron chi connectivity index (χ2n) is 8.86. The molecule has 0 aliphatic carbocycles. The molecule has 0 saturated carbocycles. The normalized spacial score (nSPS) is 11.4. The van der Waals surface area contributed by atoms with E-state index in [1.165, 1.54) is 0 Å². The molecular formula is C25H26N6O4. The number of carbonyl (C=O) groups is 1. The summed E-state index contributed by atoms with van der Waals surface area (Å²) in [4.78, 5) is 40.5. The van der Waals surface area contributed by atoms with E-state index < -0.39 is 22.3 Å². The Hall–Kier alpha value is -4.47. The predicted molar refractivity (Wildman–Crippen MR) is 135 cm³/mol. The van der Waals surface area contributed by atoms with Gasteiger partial charge in [-0.1, -0.05) is 18.2 Å². The molecule has 0 radical (unpaired) electrons. The fraction of sp³-hybridized carbons (Fsp3) is 0.240. The molecule has 4 rings (SSSR count). The lowest BCUT2D eigenvalue weighted by molar-refractivity contribution is 0.100. The number of nitrogens with two attached hydrogens (primary N) is 1. The highest BCUT2D eigenvalue weighted by Crippen LogP contribution is 2.35. The largest absolute Gasteiger partial charge is 0.488 e. The first-order valence-corrected chi connectivity index (χ1v) is 11.1. The van der Waals surface area contributed by atoms with E-state index >= 15 is 0 Å². The summed E-state index contributed by atoms with van der Waals surface area (Å²) in [6.07, 6.45) is 1.64. The monoisotopic (exact) mass is 474 g/mol. The van der Waals surface area contributed by atoms with E-state index in [1.54, 1.807) is 54.2 Å². The highest BCUT2D eigenvalue weighted by Gasteiger charge is 2.29. The minimum Gasteiger partial charge on any atom is -0.488 e. The fourth-order valence-corrected chi connectivity index (χ4v) is 3.63. The fourth-order valence-electron chi connectivity index (χ4n) is 3.63. The molecule has 4 aromatic rings. The molecule has 35 heavy (non-hydrogen) atoms. The summed E-state index contributed by atoms with van der Waals surface area (Å²) in [5, 5.41) is 10.8. The van der Waals surface area contributed by atoms with Crippen molar-refractivity contribution in [2.45, 2.75) is 33.2 Å². The van der Waals surface area contributed by atoms with E-state index in [4.69, 9.17) is 15.6 Å². The maximum atomic E-state index is 12.6. The van der Waals surface area contributed by atoms with Crippen LogP contribution in [0.3, 0.4) is 0 Å². The van der Waals surface area contributed by atoms with E-state index in [2.05, 4.69) is 15.6 Å². The Labute approximate surface area is 201 Å². The van der Waals surface area contributed by atoms with Crippen LogP contribution in [-0.4, -0.2) is 27.3 Å². The van der Waals surface area contributed by atoms with Gasteiger partial charge in [0.1, 0.15) is 28.6 Å². The number of rotatable bonds is 8. The number of carbonyl (C=O) groups excluding carboxylic acids is 1. The molecule has 1 amide bonds. The van der Waals surface area contributed by atoms with Crippen molar-refractivity contribution in [3.8, 4) is 17.0 Å². The van der Waals surface area contributed by atoms with Crippen LogP contribution in [0, 0.1) is 0 Å². The lowest BCUT2D eigenvalue weighted by Gasteiger charge is -2.23. The second kappa shape index (κ2) is 9.05. The third kappa shape index (κ3) is 4.50. The Balaban J connectivity index is 1.73. The number of benzene rings is 1. The molecule has 2 aromatic carbocycles. The van der Waals surface area contributed by atoms with Crippen molar-refractivity contribution < 1.29 is 9.53 Å². The molecule has 10 nitrogen and oxygen atoms in total. The SMILES string of the molecule is CCOc1c(Nc2ccc(-c3nn(C(C)(C)C)c(Nc4ccccn4)c3C(N)=O)cc2)c(=O)c1=O. The smallest absolute Gasteiger partial charge is 0.272 e. The van der Waals surface area contributed by atoms with Crippen LogP contribution < -0.4 is 32.0 Å². The molecule has 180 valence electrons. The zero-order chi connectivity index (χ0) is 25.3. The van der Waals surface area contributed by atoms with Crippen molar-refractivity contribution in [3.63, 3.8) is 0 Å². The summed E-state index contributed by atoms with van der Waals surface area (Å²) >= 11 is 0. The standard InChI is InChI=1S/C25H26N6O4/c1-5-35-22-19(20(32)21(22)33)28-15-11-9-14(10-12-15)18-17(23(26)34)24(31(30-18)25(2,3)4)29-16-8-6-7-13-27-16/h6-13,28H,5H2,1-4H3,(H2,26,34)(H,27,29). The van der Waals surface area contributed by atoms with Crippen molar-refractivity contribution in [2.24, 2.45) is 5.73 Å². The highest BCUT2D eigenvalue weighted by atomic mass is 16.5. The number of primary amides is 1. The summed E-state index contributed by atoms with van der Waals surface area (Å²) in [6.45, 7) is 7.91. The summed E-state index contributed by atoms with van der Waals surface area (Å²) in [7, 11) is 0. The summed E-state index contributed by atoms with van der Waals surface area (Å²) in [5.41, 5.74) is 6.04. The van der Waals surface area contributed by atoms with Gasteiger partial charge < -0.3 is 21.1 Å². The molecule has 0 spiro atoms. The van der Waals surface area contributed by atoms with Crippen LogP contribution in [0.15, 0.2) is 58.3 Å². The van der Waals surface area contributed by atoms with E-state index in [-0.39, 0.29) is 23.6 Å². The maximum Gasteiger partial charge on any atom is 0.272 e. The molecule has 0 unspecified atom stereocenters.